The third kappa shape index (κ3) is 4.90. The van der Waals surface area contributed by atoms with Gasteiger partial charge in [0.05, 0.1) is 6.61 Å². The van der Waals surface area contributed by atoms with Gasteiger partial charge in [0.1, 0.15) is 10.6 Å². The van der Waals surface area contributed by atoms with Crippen LogP contribution in [-0.2, 0) is 9.53 Å². The van der Waals surface area contributed by atoms with Crippen LogP contribution in [0.15, 0.2) is 29.6 Å². The minimum atomic E-state index is -0.445. The average molecular weight is 406 g/mol. The second kappa shape index (κ2) is 9.38. The number of nitrogens with one attached hydrogen (secondary N) is 1. The summed E-state index contributed by atoms with van der Waals surface area (Å²) in [5.41, 5.74) is 1.82. The zero-order valence-electron chi connectivity index (χ0n) is 15.4. The van der Waals surface area contributed by atoms with E-state index in [0.29, 0.717) is 33.5 Å². The SMILES string of the molecule is CCOC(=O)c1c(-c2ccccc2Cl)csc1NC(=O)CCC1CCCC1. The Balaban J connectivity index is 1.81. The van der Waals surface area contributed by atoms with Crippen LogP contribution in [0, 0.1) is 5.92 Å². The summed E-state index contributed by atoms with van der Waals surface area (Å²) >= 11 is 7.64. The summed E-state index contributed by atoms with van der Waals surface area (Å²) in [6.07, 6.45) is 6.36. The number of carbonyl (C=O) groups is 2. The smallest absolute Gasteiger partial charge is 0.341 e. The molecule has 1 heterocycles. The molecule has 1 aromatic heterocycles. The van der Waals surface area contributed by atoms with E-state index in [4.69, 9.17) is 16.3 Å². The molecule has 0 atom stereocenters. The van der Waals surface area contributed by atoms with Crippen LogP contribution in [0.5, 0.6) is 0 Å². The Morgan fingerprint density at radius 2 is 1.96 bits per heavy atom. The molecule has 1 saturated carbocycles. The first-order valence-electron chi connectivity index (χ1n) is 9.43. The van der Waals surface area contributed by atoms with E-state index in [1.807, 2.05) is 23.6 Å². The molecule has 0 aliphatic heterocycles. The Morgan fingerprint density at radius 1 is 1.22 bits per heavy atom. The van der Waals surface area contributed by atoms with Gasteiger partial charge in [-0.15, -0.1) is 11.3 Å². The van der Waals surface area contributed by atoms with Gasteiger partial charge >= 0.3 is 5.97 Å². The summed E-state index contributed by atoms with van der Waals surface area (Å²) in [6.45, 7) is 2.03. The maximum absolute atomic E-state index is 12.6. The van der Waals surface area contributed by atoms with Crippen molar-refractivity contribution in [3.63, 3.8) is 0 Å². The van der Waals surface area contributed by atoms with Gasteiger partial charge in [0.15, 0.2) is 0 Å². The molecule has 1 aliphatic rings. The molecule has 1 fully saturated rings. The van der Waals surface area contributed by atoms with E-state index in [1.54, 1.807) is 13.0 Å². The quantitative estimate of drug-likeness (QED) is 0.561. The molecule has 144 valence electrons. The van der Waals surface area contributed by atoms with Crippen molar-refractivity contribution in [3.05, 3.63) is 40.2 Å². The van der Waals surface area contributed by atoms with Crippen molar-refractivity contribution in [1.82, 2.24) is 0 Å². The van der Waals surface area contributed by atoms with Crippen molar-refractivity contribution in [2.75, 3.05) is 11.9 Å². The fourth-order valence-electron chi connectivity index (χ4n) is 3.56. The number of esters is 1. The van der Waals surface area contributed by atoms with Crippen molar-refractivity contribution in [3.8, 4) is 11.1 Å². The van der Waals surface area contributed by atoms with Crippen LogP contribution in [0.2, 0.25) is 5.02 Å². The molecular formula is C21H24ClNO3S. The van der Waals surface area contributed by atoms with E-state index in [-0.39, 0.29) is 12.5 Å². The first-order chi connectivity index (χ1) is 13.1. The van der Waals surface area contributed by atoms with Gasteiger partial charge in [0.2, 0.25) is 5.91 Å². The lowest BCUT2D eigenvalue weighted by atomic mass is 10.0. The van der Waals surface area contributed by atoms with Crippen LogP contribution >= 0.6 is 22.9 Å². The molecule has 0 bridgehead atoms. The molecule has 0 unspecified atom stereocenters. The Labute approximate surface area is 168 Å². The largest absolute Gasteiger partial charge is 0.462 e. The number of carbonyl (C=O) groups excluding carboxylic acids is 2. The number of hydrogen-bond acceptors (Lipinski definition) is 4. The van der Waals surface area contributed by atoms with Gasteiger partial charge in [0.25, 0.3) is 0 Å². The summed E-state index contributed by atoms with van der Waals surface area (Å²) in [5.74, 6) is 0.155. The van der Waals surface area contributed by atoms with E-state index >= 15 is 0 Å². The molecule has 0 radical (unpaired) electrons. The lowest BCUT2D eigenvalue weighted by Gasteiger charge is -2.11. The molecule has 2 aromatic rings. The minimum Gasteiger partial charge on any atom is -0.462 e. The molecule has 1 amide bonds. The highest BCUT2D eigenvalue weighted by Gasteiger charge is 2.24. The zero-order chi connectivity index (χ0) is 19.2. The lowest BCUT2D eigenvalue weighted by Crippen LogP contribution is -2.15. The van der Waals surface area contributed by atoms with Crippen LogP contribution in [-0.4, -0.2) is 18.5 Å². The molecule has 4 nitrogen and oxygen atoms in total. The monoisotopic (exact) mass is 405 g/mol. The lowest BCUT2D eigenvalue weighted by molar-refractivity contribution is -0.116. The molecule has 27 heavy (non-hydrogen) atoms. The van der Waals surface area contributed by atoms with Gasteiger partial charge in [-0.3, -0.25) is 4.79 Å². The Bertz CT molecular complexity index is 812. The van der Waals surface area contributed by atoms with Gasteiger partial charge in [-0.1, -0.05) is 55.5 Å². The normalized spacial score (nSPS) is 14.3. The Hall–Kier alpha value is -1.85. The second-order valence-electron chi connectivity index (χ2n) is 6.79. The number of anilines is 1. The number of amides is 1. The first-order valence-corrected chi connectivity index (χ1v) is 10.7. The van der Waals surface area contributed by atoms with E-state index in [0.717, 1.165) is 12.0 Å². The third-order valence-electron chi connectivity index (χ3n) is 4.94. The summed E-state index contributed by atoms with van der Waals surface area (Å²) in [6, 6.07) is 7.35. The van der Waals surface area contributed by atoms with Crippen LogP contribution in [0.1, 0.15) is 55.8 Å². The summed E-state index contributed by atoms with van der Waals surface area (Å²) in [5, 5.41) is 5.85. The van der Waals surface area contributed by atoms with E-state index in [9.17, 15) is 9.59 Å². The number of hydrogen-bond donors (Lipinski definition) is 1. The predicted molar refractivity (Wildman–Crippen MR) is 111 cm³/mol. The van der Waals surface area contributed by atoms with Crippen molar-refractivity contribution in [2.45, 2.75) is 45.4 Å². The molecule has 1 N–H and O–H groups in total. The highest BCUT2D eigenvalue weighted by molar-refractivity contribution is 7.15. The molecule has 6 heteroatoms. The van der Waals surface area contributed by atoms with Gasteiger partial charge in [0, 0.05) is 28.0 Å². The highest BCUT2D eigenvalue weighted by atomic mass is 35.5. The van der Waals surface area contributed by atoms with Gasteiger partial charge in [-0.25, -0.2) is 4.79 Å². The van der Waals surface area contributed by atoms with E-state index in [1.165, 1.54) is 37.0 Å². The molecule has 3 rings (SSSR count). The zero-order valence-corrected chi connectivity index (χ0v) is 17.0. The highest BCUT2D eigenvalue weighted by Crippen LogP contribution is 2.39. The fraction of sp³-hybridized carbons (Fsp3) is 0.429. The molecule has 1 aliphatic carbocycles. The predicted octanol–water partition coefficient (Wildman–Crippen LogP) is 6.15. The molecule has 0 spiro atoms. The number of thiophene rings is 1. The van der Waals surface area contributed by atoms with Crippen LogP contribution in [0.3, 0.4) is 0 Å². The van der Waals surface area contributed by atoms with Crippen LogP contribution < -0.4 is 5.32 Å². The van der Waals surface area contributed by atoms with Gasteiger partial charge < -0.3 is 10.1 Å². The first kappa shape index (κ1) is 19.9. The summed E-state index contributed by atoms with van der Waals surface area (Å²) in [4.78, 5) is 25.0. The molecule has 0 saturated heterocycles. The van der Waals surface area contributed by atoms with Crippen molar-refractivity contribution in [1.29, 1.82) is 0 Å². The molecular weight excluding hydrogens is 382 g/mol. The van der Waals surface area contributed by atoms with Crippen LogP contribution in [0.25, 0.3) is 11.1 Å². The summed E-state index contributed by atoms with van der Waals surface area (Å²) < 4.78 is 5.23. The number of rotatable bonds is 7. The summed E-state index contributed by atoms with van der Waals surface area (Å²) in [7, 11) is 0. The standard InChI is InChI=1S/C21H24ClNO3S/c1-2-26-21(25)19-16(15-9-5-6-10-17(15)22)13-27-20(19)23-18(24)12-11-14-7-3-4-8-14/h5-6,9-10,13-14H,2-4,7-8,11-12H2,1H3,(H,23,24). The fourth-order valence-corrected chi connectivity index (χ4v) is 4.76. The number of benzene rings is 1. The van der Waals surface area contributed by atoms with Gasteiger partial charge in [-0.05, 0) is 25.3 Å². The topological polar surface area (TPSA) is 55.4 Å². The van der Waals surface area contributed by atoms with Crippen molar-refractivity contribution in [2.24, 2.45) is 5.92 Å². The van der Waals surface area contributed by atoms with Crippen LogP contribution in [0.4, 0.5) is 5.00 Å². The van der Waals surface area contributed by atoms with E-state index < -0.39 is 5.97 Å². The number of halogens is 1. The number of ether oxygens (including phenoxy) is 1. The van der Waals surface area contributed by atoms with E-state index in [2.05, 4.69) is 5.32 Å². The maximum Gasteiger partial charge on any atom is 0.341 e. The average Bonchev–Trinajstić information content (AvgIpc) is 3.30. The maximum atomic E-state index is 12.6. The van der Waals surface area contributed by atoms with Crippen molar-refractivity contribution < 1.29 is 14.3 Å². The third-order valence-corrected chi connectivity index (χ3v) is 6.17. The Kier molecular flexibility index (Phi) is 6.91. The van der Waals surface area contributed by atoms with Gasteiger partial charge in [-0.2, -0.15) is 0 Å². The molecule has 1 aromatic carbocycles. The van der Waals surface area contributed by atoms with Crippen molar-refractivity contribution >= 4 is 39.8 Å². The second-order valence-corrected chi connectivity index (χ2v) is 8.08. The Morgan fingerprint density at radius 3 is 2.67 bits per heavy atom. The minimum absolute atomic E-state index is 0.0555.